The zero-order valence-corrected chi connectivity index (χ0v) is 18.5. The molecule has 0 fully saturated rings. The number of methoxy groups -OCH3 is 1. The largest absolute Gasteiger partial charge is 0.529 e. The average molecular weight is 413 g/mol. The Morgan fingerprint density at radius 2 is 2.03 bits per heavy atom. The molecule has 6 nitrogen and oxygen atoms in total. The van der Waals surface area contributed by atoms with Gasteiger partial charge in [-0.05, 0) is 36.4 Å². The number of rotatable bonds is 1. The lowest BCUT2D eigenvalue weighted by Crippen LogP contribution is -2.66. The van der Waals surface area contributed by atoms with Gasteiger partial charge in [0.15, 0.2) is 10.7 Å². The highest BCUT2D eigenvalue weighted by atomic mass is 32.2. The minimum atomic E-state index is -0.672. The number of amides is 1. The zero-order valence-electron chi connectivity index (χ0n) is 17.6. The Kier molecular flexibility index (Phi) is 4.33. The lowest BCUT2D eigenvalue weighted by Gasteiger charge is -2.43. The van der Waals surface area contributed by atoms with E-state index in [2.05, 4.69) is 23.2 Å². The van der Waals surface area contributed by atoms with Crippen molar-refractivity contribution in [2.75, 3.05) is 7.11 Å². The van der Waals surface area contributed by atoms with E-state index in [0.717, 1.165) is 22.0 Å². The van der Waals surface area contributed by atoms with Gasteiger partial charge in [-0.3, -0.25) is 4.79 Å². The van der Waals surface area contributed by atoms with Gasteiger partial charge in [-0.25, -0.2) is 4.57 Å². The second-order valence-electron chi connectivity index (χ2n) is 8.74. The molecule has 0 radical (unpaired) electrons. The van der Waals surface area contributed by atoms with Gasteiger partial charge in [0.2, 0.25) is 0 Å². The van der Waals surface area contributed by atoms with Crippen molar-refractivity contribution in [1.29, 1.82) is 0 Å². The minimum Gasteiger partial charge on any atom is -0.423 e. The lowest BCUT2D eigenvalue weighted by molar-refractivity contribution is -0.117. The summed E-state index contributed by atoms with van der Waals surface area (Å²) in [5.41, 5.74) is 1.70. The second-order valence-corrected chi connectivity index (χ2v) is 9.73. The van der Waals surface area contributed by atoms with Gasteiger partial charge in [0.05, 0.1) is 19.0 Å². The quantitative estimate of drug-likeness (QED) is 0.478. The molecular formula is C22H26N3O3S+. The fraction of sp³-hybridized carbons (Fsp3) is 0.409. The zero-order chi connectivity index (χ0) is 21.2. The summed E-state index contributed by atoms with van der Waals surface area (Å²) in [5, 5.41) is 0.775. The van der Waals surface area contributed by atoms with Gasteiger partial charge in [0, 0.05) is 18.8 Å². The smallest absolute Gasteiger partial charge is 0.423 e. The molecule has 0 N–H and O–H groups in total. The van der Waals surface area contributed by atoms with Crippen molar-refractivity contribution in [3.05, 3.63) is 47.8 Å². The van der Waals surface area contributed by atoms with E-state index in [4.69, 9.17) is 4.74 Å². The molecule has 3 heterocycles. The molecule has 0 bridgehead atoms. The second kappa shape index (κ2) is 6.31. The number of hydrogen-bond donors (Lipinski definition) is 0. The molecule has 1 aromatic heterocycles. The Bertz CT molecular complexity index is 1050. The number of carbonyl (C=O) groups excluding carboxylic acids is 2. The fourth-order valence-corrected chi connectivity index (χ4v) is 5.45. The van der Waals surface area contributed by atoms with Crippen LogP contribution >= 0.6 is 11.8 Å². The first-order valence-electron chi connectivity index (χ1n) is 9.64. The molecule has 1 amide bonds. The monoisotopic (exact) mass is 412 g/mol. The number of fused-ring (bicyclic) bond motifs is 3. The summed E-state index contributed by atoms with van der Waals surface area (Å²) in [4.78, 5) is 30.9. The number of carbonyl (C=O) groups is 2. The number of thioether (sulfide) groups is 1. The first-order valence-corrected chi connectivity index (χ1v) is 10.5. The van der Waals surface area contributed by atoms with E-state index in [1.165, 1.54) is 18.9 Å². The van der Waals surface area contributed by atoms with Crippen LogP contribution in [0.1, 0.15) is 41.0 Å². The van der Waals surface area contributed by atoms with Crippen molar-refractivity contribution >= 4 is 34.6 Å². The Labute approximate surface area is 175 Å². The molecule has 152 valence electrons. The van der Waals surface area contributed by atoms with Gasteiger partial charge in [0.25, 0.3) is 0 Å². The summed E-state index contributed by atoms with van der Waals surface area (Å²) in [6, 6.07) is 0. The third-order valence-corrected chi connectivity index (χ3v) is 7.20. The van der Waals surface area contributed by atoms with E-state index in [1.54, 1.807) is 6.20 Å². The number of aromatic nitrogens is 2. The van der Waals surface area contributed by atoms with Gasteiger partial charge in [-0.1, -0.05) is 39.0 Å². The maximum atomic E-state index is 13.4. The van der Waals surface area contributed by atoms with Gasteiger partial charge >= 0.3 is 12.0 Å². The van der Waals surface area contributed by atoms with Crippen LogP contribution in [0.2, 0.25) is 0 Å². The van der Waals surface area contributed by atoms with E-state index in [-0.39, 0.29) is 15.7 Å². The van der Waals surface area contributed by atoms with E-state index in [1.807, 2.05) is 51.3 Å². The van der Waals surface area contributed by atoms with Crippen molar-refractivity contribution in [2.45, 2.75) is 51.6 Å². The summed E-state index contributed by atoms with van der Waals surface area (Å²) in [6.07, 6.45) is 12.1. The Balaban J connectivity index is 2.04. The molecule has 0 saturated carbocycles. The van der Waals surface area contributed by atoms with E-state index in [9.17, 15) is 9.59 Å². The highest BCUT2D eigenvalue weighted by Crippen LogP contribution is 2.58. The van der Waals surface area contributed by atoms with Crippen molar-refractivity contribution in [1.82, 2.24) is 14.0 Å². The van der Waals surface area contributed by atoms with Crippen LogP contribution in [0.15, 0.2) is 52.9 Å². The molecule has 0 saturated heterocycles. The summed E-state index contributed by atoms with van der Waals surface area (Å²) in [5.74, 6) is 0.567. The highest BCUT2D eigenvalue weighted by molar-refractivity contribution is 8.13. The Morgan fingerprint density at radius 3 is 2.69 bits per heavy atom. The number of quaternary nitrogens is 1. The highest BCUT2D eigenvalue weighted by Gasteiger charge is 2.70. The van der Waals surface area contributed by atoms with Crippen LogP contribution in [0, 0.1) is 5.41 Å². The molecular weight excluding hydrogens is 386 g/mol. The predicted octanol–water partition coefficient (Wildman–Crippen LogP) is 5.04. The molecule has 1 aromatic rings. The van der Waals surface area contributed by atoms with Gasteiger partial charge in [0.1, 0.15) is 10.7 Å². The first kappa shape index (κ1) is 19.9. The number of ether oxygens (including phenoxy) is 1. The van der Waals surface area contributed by atoms with Crippen molar-refractivity contribution in [3.63, 3.8) is 0 Å². The van der Waals surface area contributed by atoms with Gasteiger partial charge in [-0.15, -0.1) is 4.48 Å². The van der Waals surface area contributed by atoms with E-state index >= 15 is 0 Å². The van der Waals surface area contributed by atoms with Crippen molar-refractivity contribution < 1.29 is 14.3 Å². The number of imidazole rings is 1. The number of hydrogen-bond acceptors (Lipinski definition) is 5. The number of allylic oxidation sites excluding steroid dienone is 5. The van der Waals surface area contributed by atoms with Crippen LogP contribution in [-0.4, -0.2) is 33.4 Å². The molecule has 1 spiro atoms. The van der Waals surface area contributed by atoms with Gasteiger partial charge < -0.3 is 4.74 Å². The Morgan fingerprint density at radius 1 is 1.31 bits per heavy atom. The fourth-order valence-electron chi connectivity index (χ4n) is 4.59. The van der Waals surface area contributed by atoms with E-state index < -0.39 is 11.0 Å². The van der Waals surface area contributed by atoms with Crippen LogP contribution < -0.4 is 4.48 Å². The molecule has 1 aliphatic carbocycles. The molecule has 4 rings (SSSR count). The SMILES string of the molecule is COC(=O)[N+]12C(C)=CC=CC13CC=CC(C)=C3n1c(SC(=O)C(C)(C)C)cnc12. The van der Waals surface area contributed by atoms with Crippen molar-refractivity contribution in [3.8, 4) is 0 Å². The van der Waals surface area contributed by atoms with Crippen LogP contribution in [0.25, 0.3) is 5.70 Å². The molecule has 3 aliphatic rings. The summed E-state index contributed by atoms with van der Waals surface area (Å²) < 4.78 is 7.19. The average Bonchev–Trinajstić information content (AvgIpc) is 3.16. The van der Waals surface area contributed by atoms with Crippen LogP contribution in [0.4, 0.5) is 10.7 Å². The third-order valence-electron chi connectivity index (χ3n) is 5.91. The standard InChI is InChI=1S/C22H26N3O3S/c1-14-9-7-11-22-12-8-10-15(2)25(22,20(27)28-6)19-23-13-16(24(19)17(14)22)29-18(26)21(3,4)5/h7-10,12-13H,11H2,1-6H3/q+1. The molecule has 2 unspecified atom stereocenters. The summed E-state index contributed by atoms with van der Waals surface area (Å²) in [6.45, 7) is 9.68. The van der Waals surface area contributed by atoms with Crippen LogP contribution in [-0.2, 0) is 9.53 Å². The molecule has 7 heteroatoms. The van der Waals surface area contributed by atoms with E-state index in [0.29, 0.717) is 12.4 Å². The van der Waals surface area contributed by atoms with Gasteiger partial charge in [-0.2, -0.15) is 9.78 Å². The summed E-state index contributed by atoms with van der Waals surface area (Å²) >= 11 is 1.18. The molecule has 0 aromatic carbocycles. The maximum absolute atomic E-state index is 13.4. The number of nitrogens with zero attached hydrogens (tertiary/aromatic N) is 3. The van der Waals surface area contributed by atoms with Crippen molar-refractivity contribution in [2.24, 2.45) is 5.41 Å². The predicted molar refractivity (Wildman–Crippen MR) is 115 cm³/mol. The third kappa shape index (κ3) is 2.37. The lowest BCUT2D eigenvalue weighted by atomic mass is 9.80. The normalized spacial score (nSPS) is 27.3. The van der Waals surface area contributed by atoms with Crippen LogP contribution in [0.3, 0.4) is 0 Å². The Hall–Kier alpha value is -2.38. The summed E-state index contributed by atoms with van der Waals surface area (Å²) in [7, 11) is 1.41. The maximum Gasteiger partial charge on any atom is 0.529 e. The molecule has 29 heavy (non-hydrogen) atoms. The minimum absolute atomic E-state index is 0.0520. The molecule has 2 atom stereocenters. The topological polar surface area (TPSA) is 61.2 Å². The van der Waals surface area contributed by atoms with Crippen LogP contribution in [0.5, 0.6) is 0 Å². The molecule has 2 aliphatic heterocycles. The first-order chi connectivity index (χ1) is 13.6.